The predicted octanol–water partition coefficient (Wildman–Crippen LogP) is 6.80. The van der Waals surface area contributed by atoms with Crippen molar-refractivity contribution in [2.45, 2.75) is 64.0 Å². The number of hydrogen-bond donors (Lipinski definition) is 1. The topological polar surface area (TPSA) is 67.5 Å². The largest absolute Gasteiger partial charge is 0.493 e. The summed E-state index contributed by atoms with van der Waals surface area (Å²) in [6.07, 6.45) is 7.61. The summed E-state index contributed by atoms with van der Waals surface area (Å²) in [6, 6.07) is 13.6. The van der Waals surface area contributed by atoms with Crippen molar-refractivity contribution in [1.29, 1.82) is 0 Å². The van der Waals surface area contributed by atoms with E-state index in [0.717, 1.165) is 66.7 Å². The van der Waals surface area contributed by atoms with Crippen LogP contribution in [0.2, 0.25) is 5.02 Å². The number of benzene rings is 2. The average Bonchev–Trinajstić information content (AvgIpc) is 3.44. The zero-order chi connectivity index (χ0) is 24.4. The number of aromatic amines is 1. The maximum atomic E-state index is 13.8. The Morgan fingerprint density at radius 3 is 2.57 bits per heavy atom. The van der Waals surface area contributed by atoms with Crippen molar-refractivity contribution in [3.05, 3.63) is 64.3 Å². The van der Waals surface area contributed by atoms with Crippen molar-refractivity contribution in [1.82, 2.24) is 15.1 Å². The van der Waals surface area contributed by atoms with Gasteiger partial charge in [0.2, 0.25) is 0 Å². The summed E-state index contributed by atoms with van der Waals surface area (Å²) in [6.45, 7) is 2.79. The van der Waals surface area contributed by atoms with Crippen LogP contribution in [0.4, 0.5) is 0 Å². The average molecular weight is 494 g/mol. The van der Waals surface area contributed by atoms with Gasteiger partial charge in [0.15, 0.2) is 11.5 Å². The number of nitrogens with zero attached hydrogens (tertiary/aromatic N) is 2. The van der Waals surface area contributed by atoms with E-state index in [1.807, 2.05) is 36.4 Å². The fraction of sp³-hybridized carbons (Fsp3) is 0.429. The van der Waals surface area contributed by atoms with Gasteiger partial charge in [-0.05, 0) is 49.1 Å². The SMILES string of the molecule is CCCCOc1ccc(C2c3c(-c4ccc(Cl)cc4)n[nH]c3C(=O)N2C2CCCCC2)cc1OC. The molecule has 2 aliphatic rings. The molecule has 1 N–H and O–H groups in total. The highest BCUT2D eigenvalue weighted by Crippen LogP contribution is 2.47. The van der Waals surface area contributed by atoms with E-state index in [0.29, 0.717) is 23.1 Å². The molecule has 5 rings (SSSR count). The Kier molecular flexibility index (Phi) is 7.00. The van der Waals surface area contributed by atoms with E-state index in [-0.39, 0.29) is 18.0 Å². The zero-order valence-electron chi connectivity index (χ0n) is 20.4. The van der Waals surface area contributed by atoms with E-state index in [9.17, 15) is 4.79 Å². The van der Waals surface area contributed by atoms with Gasteiger partial charge < -0.3 is 14.4 Å². The minimum absolute atomic E-state index is 0.0202. The molecule has 1 aliphatic heterocycles. The Morgan fingerprint density at radius 2 is 1.86 bits per heavy atom. The Hall–Kier alpha value is -2.99. The number of halogens is 1. The van der Waals surface area contributed by atoms with Gasteiger partial charge in [0, 0.05) is 22.2 Å². The maximum absolute atomic E-state index is 13.8. The number of rotatable bonds is 8. The maximum Gasteiger partial charge on any atom is 0.273 e. The van der Waals surface area contributed by atoms with E-state index in [4.69, 9.17) is 21.1 Å². The lowest BCUT2D eigenvalue weighted by Gasteiger charge is -2.36. The second-order valence-electron chi connectivity index (χ2n) is 9.39. The van der Waals surface area contributed by atoms with Gasteiger partial charge >= 0.3 is 0 Å². The summed E-state index contributed by atoms with van der Waals surface area (Å²) < 4.78 is 11.7. The molecule has 0 radical (unpaired) electrons. The summed E-state index contributed by atoms with van der Waals surface area (Å²) in [4.78, 5) is 15.8. The Bertz CT molecular complexity index is 1180. The Morgan fingerprint density at radius 1 is 1.09 bits per heavy atom. The third-order valence-electron chi connectivity index (χ3n) is 7.15. The smallest absolute Gasteiger partial charge is 0.273 e. The van der Waals surface area contributed by atoms with E-state index in [2.05, 4.69) is 28.1 Å². The summed E-state index contributed by atoms with van der Waals surface area (Å²) in [5.41, 5.74) is 4.22. The van der Waals surface area contributed by atoms with Crippen LogP contribution in [0.5, 0.6) is 11.5 Å². The molecule has 1 saturated carbocycles. The second-order valence-corrected chi connectivity index (χ2v) is 9.82. The minimum Gasteiger partial charge on any atom is -0.493 e. The molecule has 1 unspecified atom stereocenters. The molecule has 35 heavy (non-hydrogen) atoms. The molecule has 1 aromatic heterocycles. The lowest BCUT2D eigenvalue weighted by molar-refractivity contribution is 0.0606. The highest BCUT2D eigenvalue weighted by Gasteiger charge is 2.45. The number of unbranched alkanes of at least 4 members (excludes halogenated alkanes) is 1. The molecular formula is C28H32ClN3O3. The number of aromatic nitrogens is 2. The van der Waals surface area contributed by atoms with Crippen LogP contribution in [0.15, 0.2) is 42.5 Å². The first kappa shape index (κ1) is 23.7. The molecule has 1 fully saturated rings. The van der Waals surface area contributed by atoms with Crippen LogP contribution in [0, 0.1) is 0 Å². The zero-order valence-corrected chi connectivity index (χ0v) is 21.1. The van der Waals surface area contributed by atoms with Crippen molar-refractivity contribution in [2.24, 2.45) is 0 Å². The quantitative estimate of drug-likeness (QED) is 0.350. The second kappa shape index (κ2) is 10.3. The lowest BCUT2D eigenvalue weighted by Crippen LogP contribution is -2.40. The highest BCUT2D eigenvalue weighted by atomic mass is 35.5. The van der Waals surface area contributed by atoms with Gasteiger partial charge in [-0.1, -0.05) is 62.4 Å². The molecule has 0 bridgehead atoms. The van der Waals surface area contributed by atoms with Crippen molar-refractivity contribution >= 4 is 17.5 Å². The van der Waals surface area contributed by atoms with Gasteiger partial charge in [0.25, 0.3) is 5.91 Å². The van der Waals surface area contributed by atoms with Crippen LogP contribution in [-0.4, -0.2) is 40.8 Å². The Labute approximate surface area is 211 Å². The third kappa shape index (κ3) is 4.52. The molecule has 1 atom stereocenters. The highest BCUT2D eigenvalue weighted by molar-refractivity contribution is 6.30. The van der Waals surface area contributed by atoms with Gasteiger partial charge in [-0.15, -0.1) is 0 Å². The lowest BCUT2D eigenvalue weighted by atomic mass is 9.91. The predicted molar refractivity (Wildman–Crippen MR) is 137 cm³/mol. The van der Waals surface area contributed by atoms with Crippen LogP contribution in [0.25, 0.3) is 11.3 Å². The summed E-state index contributed by atoms with van der Waals surface area (Å²) >= 11 is 6.14. The monoisotopic (exact) mass is 493 g/mol. The first-order chi connectivity index (χ1) is 17.1. The Balaban J connectivity index is 1.60. The first-order valence-electron chi connectivity index (χ1n) is 12.6. The third-order valence-corrected chi connectivity index (χ3v) is 7.40. The number of carbonyl (C=O) groups is 1. The van der Waals surface area contributed by atoms with Gasteiger partial charge in [0.1, 0.15) is 5.69 Å². The molecule has 184 valence electrons. The van der Waals surface area contributed by atoms with Gasteiger partial charge in [0.05, 0.1) is 25.5 Å². The van der Waals surface area contributed by atoms with Gasteiger partial charge in [-0.25, -0.2) is 0 Å². The van der Waals surface area contributed by atoms with E-state index in [1.54, 1.807) is 7.11 Å². The van der Waals surface area contributed by atoms with Crippen LogP contribution >= 0.6 is 11.6 Å². The molecule has 0 spiro atoms. The molecule has 6 nitrogen and oxygen atoms in total. The number of nitrogens with one attached hydrogen (secondary N) is 1. The molecule has 0 saturated heterocycles. The standard InChI is InChI=1S/C28H32ClN3O3/c1-3-4-16-35-22-15-12-19(17-23(22)34-2)27-24-25(18-10-13-20(29)14-11-18)30-31-26(24)28(33)32(27)21-8-6-5-7-9-21/h10-15,17,21,27H,3-9,16H2,1-2H3,(H,30,31). The fourth-order valence-corrected chi connectivity index (χ4v) is 5.48. The van der Waals surface area contributed by atoms with Crippen molar-refractivity contribution in [3.8, 4) is 22.8 Å². The molecule has 1 aliphatic carbocycles. The van der Waals surface area contributed by atoms with Crippen LogP contribution in [-0.2, 0) is 0 Å². The first-order valence-corrected chi connectivity index (χ1v) is 13.0. The van der Waals surface area contributed by atoms with Crippen molar-refractivity contribution < 1.29 is 14.3 Å². The van der Waals surface area contributed by atoms with Crippen LogP contribution in [0.1, 0.15) is 79.5 Å². The minimum atomic E-state index is -0.247. The number of fused-ring (bicyclic) bond motifs is 1. The number of amides is 1. The number of ether oxygens (including phenoxy) is 2. The summed E-state index contributed by atoms with van der Waals surface area (Å²) in [5, 5.41) is 8.31. The van der Waals surface area contributed by atoms with Crippen LogP contribution < -0.4 is 9.47 Å². The molecule has 2 aromatic carbocycles. The molecular weight excluding hydrogens is 462 g/mol. The van der Waals surface area contributed by atoms with Crippen molar-refractivity contribution in [2.75, 3.05) is 13.7 Å². The number of methoxy groups -OCH3 is 1. The molecule has 1 amide bonds. The number of hydrogen-bond acceptors (Lipinski definition) is 4. The van der Waals surface area contributed by atoms with E-state index in [1.165, 1.54) is 6.42 Å². The number of H-pyrrole nitrogens is 1. The molecule has 2 heterocycles. The normalized spacial score (nSPS) is 18.1. The van der Waals surface area contributed by atoms with Gasteiger partial charge in [-0.3, -0.25) is 9.89 Å². The van der Waals surface area contributed by atoms with E-state index < -0.39 is 0 Å². The summed E-state index contributed by atoms with van der Waals surface area (Å²) in [5.74, 6) is 1.43. The van der Waals surface area contributed by atoms with Crippen molar-refractivity contribution in [3.63, 3.8) is 0 Å². The van der Waals surface area contributed by atoms with Gasteiger partial charge in [-0.2, -0.15) is 5.10 Å². The van der Waals surface area contributed by atoms with Crippen LogP contribution in [0.3, 0.4) is 0 Å². The summed E-state index contributed by atoms with van der Waals surface area (Å²) in [7, 11) is 1.66. The number of carbonyl (C=O) groups excluding carboxylic acids is 1. The fourth-order valence-electron chi connectivity index (χ4n) is 5.36. The molecule has 3 aromatic rings. The molecule has 7 heteroatoms. The van der Waals surface area contributed by atoms with E-state index >= 15 is 0 Å².